The Bertz CT molecular complexity index is 221. The summed E-state index contributed by atoms with van der Waals surface area (Å²) in [5.74, 6) is 0.866. The van der Waals surface area contributed by atoms with Crippen LogP contribution in [0.15, 0.2) is 0 Å². The Morgan fingerprint density at radius 1 is 1.23 bits per heavy atom. The van der Waals surface area contributed by atoms with Crippen molar-refractivity contribution >= 4 is 19.4 Å². The molecule has 13 heavy (non-hydrogen) atoms. The second-order valence-corrected chi connectivity index (χ2v) is 4.78. The molecule has 0 saturated heterocycles. The van der Waals surface area contributed by atoms with E-state index in [0.717, 1.165) is 5.75 Å². The molecule has 5 heteroatoms. The van der Waals surface area contributed by atoms with Crippen LogP contribution >= 0.6 is 19.4 Å². The lowest BCUT2D eigenvalue weighted by molar-refractivity contribution is 0.231. The SMILES string of the molecule is CCOP(=O)(C#CSCC)OCC. The Morgan fingerprint density at radius 3 is 2.15 bits per heavy atom. The number of thioether (sulfide) groups is 1. The molecule has 0 atom stereocenters. The summed E-state index contributed by atoms with van der Waals surface area (Å²) in [4.78, 5) is 0. The van der Waals surface area contributed by atoms with Gasteiger partial charge in [0.25, 0.3) is 0 Å². The predicted molar refractivity (Wildman–Crippen MR) is 56.8 cm³/mol. The van der Waals surface area contributed by atoms with Gasteiger partial charge in [0, 0.05) is 11.4 Å². The Hall–Kier alpha value is 0.0600. The van der Waals surface area contributed by atoms with Crippen molar-refractivity contribution in [1.29, 1.82) is 0 Å². The zero-order valence-corrected chi connectivity index (χ0v) is 9.91. The van der Waals surface area contributed by atoms with E-state index in [2.05, 4.69) is 10.9 Å². The summed E-state index contributed by atoms with van der Waals surface area (Å²) in [6.07, 6.45) is 0. The van der Waals surface area contributed by atoms with Crippen LogP contribution in [0.1, 0.15) is 20.8 Å². The van der Waals surface area contributed by atoms with Gasteiger partial charge in [-0.3, -0.25) is 9.05 Å². The van der Waals surface area contributed by atoms with Gasteiger partial charge in [0.15, 0.2) is 0 Å². The summed E-state index contributed by atoms with van der Waals surface area (Å²) in [6.45, 7) is 6.21. The predicted octanol–water partition coefficient (Wildman–Crippen LogP) is 2.92. The summed E-state index contributed by atoms with van der Waals surface area (Å²) in [6, 6.07) is 0. The molecule has 0 aliphatic rings. The Labute approximate surface area is 84.1 Å². The lowest BCUT2D eigenvalue weighted by Crippen LogP contribution is -1.92. The van der Waals surface area contributed by atoms with Crippen LogP contribution in [0, 0.1) is 10.9 Å². The van der Waals surface area contributed by atoms with E-state index < -0.39 is 7.60 Å². The first-order valence-corrected chi connectivity index (χ1v) is 6.74. The second-order valence-electron chi connectivity index (χ2n) is 1.98. The van der Waals surface area contributed by atoms with E-state index in [1.807, 2.05) is 6.92 Å². The van der Waals surface area contributed by atoms with E-state index in [1.54, 1.807) is 13.8 Å². The minimum Gasteiger partial charge on any atom is -0.300 e. The van der Waals surface area contributed by atoms with Crippen molar-refractivity contribution in [3.8, 4) is 10.9 Å². The van der Waals surface area contributed by atoms with Crippen LogP contribution < -0.4 is 0 Å². The fraction of sp³-hybridized carbons (Fsp3) is 0.750. The molecule has 0 aromatic rings. The fourth-order valence-corrected chi connectivity index (χ4v) is 2.34. The molecule has 0 aromatic carbocycles. The van der Waals surface area contributed by atoms with Crippen molar-refractivity contribution in [2.45, 2.75) is 20.8 Å². The van der Waals surface area contributed by atoms with Gasteiger partial charge < -0.3 is 0 Å². The summed E-state index contributed by atoms with van der Waals surface area (Å²) < 4.78 is 21.6. The maximum Gasteiger partial charge on any atom is 0.406 e. The van der Waals surface area contributed by atoms with E-state index in [1.165, 1.54) is 11.8 Å². The molecule has 0 N–H and O–H groups in total. The fourth-order valence-electron chi connectivity index (χ4n) is 0.602. The summed E-state index contributed by atoms with van der Waals surface area (Å²) in [5, 5.41) is 2.70. The minimum atomic E-state index is -3.13. The van der Waals surface area contributed by atoms with Crippen molar-refractivity contribution in [3.63, 3.8) is 0 Å². The zero-order valence-electron chi connectivity index (χ0n) is 8.20. The third kappa shape index (κ3) is 6.17. The Morgan fingerprint density at radius 2 is 1.77 bits per heavy atom. The second kappa shape index (κ2) is 7.46. The smallest absolute Gasteiger partial charge is 0.300 e. The zero-order chi connectivity index (χ0) is 10.2. The summed E-state index contributed by atoms with van der Waals surface area (Å²) in [5.41, 5.74) is 2.52. The van der Waals surface area contributed by atoms with E-state index in [0.29, 0.717) is 13.2 Å². The maximum absolute atomic E-state index is 11.7. The number of rotatable bonds is 5. The molecular formula is C8H15O3PS. The molecule has 0 aliphatic heterocycles. The third-order valence-corrected chi connectivity index (χ3v) is 3.27. The maximum atomic E-state index is 11.7. The van der Waals surface area contributed by atoms with Gasteiger partial charge in [-0.15, -0.1) is 0 Å². The molecule has 0 aromatic heterocycles. The summed E-state index contributed by atoms with van der Waals surface area (Å²) >= 11 is 1.39. The van der Waals surface area contributed by atoms with Gasteiger partial charge >= 0.3 is 7.60 Å². The molecule has 76 valence electrons. The molecule has 0 radical (unpaired) electrons. The van der Waals surface area contributed by atoms with Crippen LogP contribution in [0.2, 0.25) is 0 Å². The van der Waals surface area contributed by atoms with Crippen molar-refractivity contribution in [3.05, 3.63) is 0 Å². The molecule has 3 nitrogen and oxygen atoms in total. The van der Waals surface area contributed by atoms with Crippen LogP contribution in [0.5, 0.6) is 0 Å². The molecular weight excluding hydrogens is 207 g/mol. The third-order valence-electron chi connectivity index (χ3n) is 0.997. The first-order chi connectivity index (χ1) is 6.18. The van der Waals surface area contributed by atoms with Gasteiger partial charge in [-0.25, -0.2) is 4.57 Å². The molecule has 0 saturated carbocycles. The number of hydrogen-bond acceptors (Lipinski definition) is 4. The highest BCUT2D eigenvalue weighted by molar-refractivity contribution is 8.04. The quantitative estimate of drug-likeness (QED) is 0.529. The molecule has 0 heterocycles. The van der Waals surface area contributed by atoms with Gasteiger partial charge in [-0.05, 0) is 19.1 Å². The first-order valence-electron chi connectivity index (χ1n) is 4.21. The largest absolute Gasteiger partial charge is 0.406 e. The molecule has 0 fully saturated rings. The lowest BCUT2D eigenvalue weighted by Gasteiger charge is -2.09. The molecule has 0 aliphatic carbocycles. The standard InChI is InChI=1S/C8H15O3PS/c1-4-10-12(9,11-5-2)7-8-13-6-3/h4-6H2,1-3H3. The van der Waals surface area contributed by atoms with Crippen molar-refractivity contribution < 1.29 is 13.6 Å². The molecule has 0 bridgehead atoms. The van der Waals surface area contributed by atoms with Gasteiger partial charge in [-0.1, -0.05) is 18.7 Å². The number of hydrogen-bond donors (Lipinski definition) is 0. The van der Waals surface area contributed by atoms with Gasteiger partial charge in [0.2, 0.25) is 0 Å². The molecule has 0 amide bonds. The minimum absolute atomic E-state index is 0.350. The van der Waals surface area contributed by atoms with Gasteiger partial charge in [-0.2, -0.15) is 0 Å². The van der Waals surface area contributed by atoms with E-state index in [4.69, 9.17) is 9.05 Å². The highest BCUT2D eigenvalue weighted by Gasteiger charge is 2.19. The lowest BCUT2D eigenvalue weighted by atomic mass is 10.9. The van der Waals surface area contributed by atoms with Crippen molar-refractivity contribution in [2.24, 2.45) is 0 Å². The molecule has 0 unspecified atom stereocenters. The van der Waals surface area contributed by atoms with Crippen LogP contribution in [-0.2, 0) is 13.6 Å². The molecule has 0 spiro atoms. The Balaban J connectivity index is 4.25. The van der Waals surface area contributed by atoms with E-state index in [9.17, 15) is 4.57 Å². The topological polar surface area (TPSA) is 35.5 Å². The monoisotopic (exact) mass is 222 g/mol. The first kappa shape index (κ1) is 13.1. The van der Waals surface area contributed by atoms with E-state index in [-0.39, 0.29) is 0 Å². The van der Waals surface area contributed by atoms with Crippen molar-refractivity contribution in [1.82, 2.24) is 0 Å². The van der Waals surface area contributed by atoms with Crippen LogP contribution in [-0.4, -0.2) is 19.0 Å². The molecule has 0 rings (SSSR count). The average molecular weight is 222 g/mol. The summed E-state index contributed by atoms with van der Waals surface area (Å²) in [7, 11) is -3.13. The normalized spacial score (nSPS) is 10.7. The van der Waals surface area contributed by atoms with Crippen LogP contribution in [0.25, 0.3) is 0 Å². The van der Waals surface area contributed by atoms with Gasteiger partial charge in [0.1, 0.15) is 0 Å². The van der Waals surface area contributed by atoms with Gasteiger partial charge in [0.05, 0.1) is 13.2 Å². The average Bonchev–Trinajstić information content (AvgIpc) is 2.05. The Kier molecular flexibility index (Phi) is 7.50. The highest BCUT2D eigenvalue weighted by atomic mass is 32.2. The van der Waals surface area contributed by atoms with Crippen molar-refractivity contribution in [2.75, 3.05) is 19.0 Å². The van der Waals surface area contributed by atoms with E-state index >= 15 is 0 Å². The van der Waals surface area contributed by atoms with Crippen LogP contribution in [0.3, 0.4) is 0 Å². The van der Waals surface area contributed by atoms with Crippen LogP contribution in [0.4, 0.5) is 0 Å². The highest BCUT2D eigenvalue weighted by Crippen LogP contribution is 2.46.